The largest absolute Gasteiger partial charge is 0.461 e. The number of aryl methyl sites for hydroxylation is 1. The highest BCUT2D eigenvalue weighted by Crippen LogP contribution is 2.33. The Kier molecular flexibility index (Phi) is 1.78. The zero-order chi connectivity index (χ0) is 10.3. The molecule has 0 aliphatic heterocycles. The molecule has 1 heterocycles. The molecule has 1 atom stereocenters. The van der Waals surface area contributed by atoms with Gasteiger partial charge in [-0.1, -0.05) is 18.2 Å². The quantitative estimate of drug-likeness (QED) is 0.650. The van der Waals surface area contributed by atoms with Crippen LogP contribution < -0.4 is 0 Å². The summed E-state index contributed by atoms with van der Waals surface area (Å²) < 4.78 is 5.77. The lowest BCUT2D eigenvalue weighted by Crippen LogP contribution is -2.10. The summed E-state index contributed by atoms with van der Waals surface area (Å²) in [5, 5.41) is 10.1. The lowest BCUT2D eigenvalue weighted by molar-refractivity contribution is 0.469. The van der Waals surface area contributed by atoms with E-state index in [2.05, 4.69) is 12.1 Å². The first-order chi connectivity index (χ1) is 7.38. The van der Waals surface area contributed by atoms with Crippen LogP contribution in [0.5, 0.6) is 0 Å². The predicted octanol–water partition coefficient (Wildman–Crippen LogP) is 3.06. The summed E-state index contributed by atoms with van der Waals surface area (Å²) in [7, 11) is 0. The molecule has 74 valence electrons. The van der Waals surface area contributed by atoms with Crippen molar-refractivity contribution in [3.05, 3.63) is 35.6 Å². The van der Waals surface area contributed by atoms with Crippen LogP contribution in [0.4, 0.5) is 0 Å². The Labute approximate surface area is 88.1 Å². The Morgan fingerprint density at radius 2 is 2.20 bits per heavy atom. The lowest BCUT2D eigenvalue weighted by Gasteiger charge is -2.14. The van der Waals surface area contributed by atoms with Crippen LogP contribution in [0.1, 0.15) is 17.7 Å². The van der Waals surface area contributed by atoms with Crippen molar-refractivity contribution in [1.29, 1.82) is 5.26 Å². The Bertz CT molecular complexity index is 547. The van der Waals surface area contributed by atoms with Crippen molar-refractivity contribution in [2.75, 3.05) is 0 Å². The molecule has 0 spiro atoms. The van der Waals surface area contributed by atoms with E-state index in [-0.39, 0.29) is 5.92 Å². The number of hydrogen-bond acceptors (Lipinski definition) is 2. The molecule has 0 saturated heterocycles. The number of para-hydroxylation sites is 1. The van der Waals surface area contributed by atoms with E-state index in [4.69, 9.17) is 9.68 Å². The molecule has 0 saturated carbocycles. The van der Waals surface area contributed by atoms with Crippen molar-refractivity contribution in [3.63, 3.8) is 0 Å². The first kappa shape index (κ1) is 8.55. The fraction of sp³-hybridized carbons (Fsp3) is 0.308. The second kappa shape index (κ2) is 3.13. The fourth-order valence-corrected chi connectivity index (χ4v) is 2.34. The molecule has 1 aliphatic carbocycles. The van der Waals surface area contributed by atoms with Gasteiger partial charge in [-0.15, -0.1) is 0 Å². The van der Waals surface area contributed by atoms with Crippen molar-refractivity contribution in [2.24, 2.45) is 5.92 Å². The van der Waals surface area contributed by atoms with Crippen LogP contribution in [0.15, 0.2) is 28.7 Å². The van der Waals surface area contributed by atoms with Crippen molar-refractivity contribution in [1.82, 2.24) is 0 Å². The molecule has 1 aromatic heterocycles. The fourth-order valence-electron chi connectivity index (χ4n) is 2.34. The summed E-state index contributed by atoms with van der Waals surface area (Å²) >= 11 is 0. The number of benzene rings is 1. The van der Waals surface area contributed by atoms with Crippen molar-refractivity contribution >= 4 is 11.0 Å². The Morgan fingerprint density at radius 3 is 3.07 bits per heavy atom. The van der Waals surface area contributed by atoms with Crippen LogP contribution in [0, 0.1) is 17.2 Å². The summed E-state index contributed by atoms with van der Waals surface area (Å²) in [5.41, 5.74) is 2.21. The molecule has 2 aromatic rings. The Balaban J connectivity index is 2.19. The van der Waals surface area contributed by atoms with Crippen molar-refractivity contribution in [3.8, 4) is 6.07 Å². The molecule has 2 nitrogen and oxygen atoms in total. The monoisotopic (exact) mass is 197 g/mol. The maximum atomic E-state index is 8.95. The molecule has 15 heavy (non-hydrogen) atoms. The number of furan rings is 1. The van der Waals surface area contributed by atoms with E-state index >= 15 is 0 Å². The van der Waals surface area contributed by atoms with Gasteiger partial charge in [0.25, 0.3) is 0 Å². The number of hydrogen-bond donors (Lipinski definition) is 0. The van der Waals surface area contributed by atoms with Gasteiger partial charge in [0.2, 0.25) is 0 Å². The summed E-state index contributed by atoms with van der Waals surface area (Å²) in [6, 6.07) is 10.4. The van der Waals surface area contributed by atoms with Crippen molar-refractivity contribution in [2.45, 2.75) is 19.3 Å². The average molecular weight is 197 g/mol. The first-order valence-electron chi connectivity index (χ1n) is 5.27. The lowest BCUT2D eigenvalue weighted by atomic mass is 9.88. The molecular weight excluding hydrogens is 186 g/mol. The van der Waals surface area contributed by atoms with Crippen LogP contribution in [-0.2, 0) is 12.8 Å². The number of fused-ring (bicyclic) bond motifs is 3. The van der Waals surface area contributed by atoms with Gasteiger partial charge >= 0.3 is 0 Å². The third kappa shape index (κ3) is 1.24. The van der Waals surface area contributed by atoms with Crippen LogP contribution in [0.25, 0.3) is 11.0 Å². The SMILES string of the molecule is N#CC1CCc2oc3ccccc3c2C1. The third-order valence-corrected chi connectivity index (χ3v) is 3.13. The molecule has 1 aliphatic rings. The normalized spacial score (nSPS) is 19.8. The summed E-state index contributed by atoms with van der Waals surface area (Å²) in [6.07, 6.45) is 2.69. The first-order valence-corrected chi connectivity index (χ1v) is 5.27. The minimum Gasteiger partial charge on any atom is -0.461 e. The van der Waals surface area contributed by atoms with Crippen LogP contribution in [0.3, 0.4) is 0 Å². The van der Waals surface area contributed by atoms with Gasteiger partial charge in [-0.05, 0) is 18.9 Å². The zero-order valence-electron chi connectivity index (χ0n) is 8.36. The van der Waals surface area contributed by atoms with Crippen LogP contribution in [-0.4, -0.2) is 0 Å². The van der Waals surface area contributed by atoms with Gasteiger partial charge in [-0.2, -0.15) is 5.26 Å². The predicted molar refractivity (Wildman–Crippen MR) is 57.3 cm³/mol. The third-order valence-electron chi connectivity index (χ3n) is 3.13. The van der Waals surface area contributed by atoms with E-state index in [1.54, 1.807) is 0 Å². The molecule has 0 fully saturated rings. The van der Waals surface area contributed by atoms with Gasteiger partial charge in [-0.25, -0.2) is 0 Å². The van der Waals surface area contributed by atoms with Gasteiger partial charge < -0.3 is 4.42 Å². The molecule has 0 amide bonds. The number of nitrogens with zero attached hydrogens (tertiary/aromatic N) is 1. The van der Waals surface area contributed by atoms with E-state index in [1.165, 1.54) is 10.9 Å². The molecular formula is C13H11NO. The topological polar surface area (TPSA) is 36.9 Å². The average Bonchev–Trinajstić information content (AvgIpc) is 2.66. The highest BCUT2D eigenvalue weighted by atomic mass is 16.3. The second-order valence-corrected chi connectivity index (χ2v) is 4.07. The summed E-state index contributed by atoms with van der Waals surface area (Å²) in [5.74, 6) is 1.25. The van der Waals surface area contributed by atoms with Gasteiger partial charge in [0.05, 0.1) is 12.0 Å². The molecule has 0 radical (unpaired) electrons. The Morgan fingerprint density at radius 1 is 1.33 bits per heavy atom. The van der Waals surface area contributed by atoms with Gasteiger partial charge in [0.15, 0.2) is 0 Å². The molecule has 2 heteroatoms. The van der Waals surface area contributed by atoms with Crippen LogP contribution in [0.2, 0.25) is 0 Å². The smallest absolute Gasteiger partial charge is 0.134 e. The highest BCUT2D eigenvalue weighted by molar-refractivity contribution is 5.82. The molecule has 3 rings (SSSR count). The second-order valence-electron chi connectivity index (χ2n) is 4.07. The minimum atomic E-state index is 0.165. The summed E-state index contributed by atoms with van der Waals surface area (Å²) in [6.45, 7) is 0. The minimum absolute atomic E-state index is 0.165. The van der Waals surface area contributed by atoms with E-state index in [0.29, 0.717) is 0 Å². The van der Waals surface area contributed by atoms with Gasteiger partial charge in [0.1, 0.15) is 11.3 Å². The molecule has 0 bridgehead atoms. The van der Waals surface area contributed by atoms with Crippen molar-refractivity contribution < 1.29 is 4.42 Å². The highest BCUT2D eigenvalue weighted by Gasteiger charge is 2.23. The number of nitriles is 1. The molecule has 1 unspecified atom stereocenters. The van der Waals surface area contributed by atoms with E-state index in [0.717, 1.165) is 30.6 Å². The Hall–Kier alpha value is -1.75. The standard InChI is InChI=1S/C13H11NO/c14-8-9-5-6-13-11(7-9)10-3-1-2-4-12(10)15-13/h1-4,9H,5-7H2. The van der Waals surface area contributed by atoms with E-state index < -0.39 is 0 Å². The van der Waals surface area contributed by atoms with E-state index in [9.17, 15) is 0 Å². The maximum absolute atomic E-state index is 8.95. The maximum Gasteiger partial charge on any atom is 0.134 e. The summed E-state index contributed by atoms with van der Waals surface area (Å²) in [4.78, 5) is 0. The molecule has 0 N–H and O–H groups in total. The van der Waals surface area contributed by atoms with Gasteiger partial charge in [-0.3, -0.25) is 0 Å². The van der Waals surface area contributed by atoms with E-state index in [1.807, 2.05) is 18.2 Å². The van der Waals surface area contributed by atoms with Gasteiger partial charge in [0, 0.05) is 17.4 Å². The zero-order valence-corrected chi connectivity index (χ0v) is 8.36. The molecule has 1 aromatic carbocycles. The van der Waals surface area contributed by atoms with Crippen LogP contribution >= 0.6 is 0 Å². The number of rotatable bonds is 0.